The highest BCUT2D eigenvalue weighted by molar-refractivity contribution is 7.99. The topological polar surface area (TPSA) is 112 Å². The van der Waals surface area contributed by atoms with Gasteiger partial charge in [0.1, 0.15) is 11.1 Å². The van der Waals surface area contributed by atoms with Crippen molar-refractivity contribution in [2.24, 2.45) is 0 Å². The van der Waals surface area contributed by atoms with Gasteiger partial charge in [-0.2, -0.15) is 10.5 Å². The summed E-state index contributed by atoms with van der Waals surface area (Å²) in [6.07, 6.45) is 0. The van der Waals surface area contributed by atoms with E-state index in [0.29, 0.717) is 37.9 Å². The van der Waals surface area contributed by atoms with Crippen LogP contribution >= 0.6 is 23.1 Å². The smallest absolute Gasteiger partial charge is 0.266 e. The van der Waals surface area contributed by atoms with Gasteiger partial charge in [0.05, 0.1) is 39.5 Å². The van der Waals surface area contributed by atoms with E-state index in [9.17, 15) is 9.59 Å². The van der Waals surface area contributed by atoms with Crippen LogP contribution in [0.3, 0.4) is 0 Å². The lowest BCUT2D eigenvalue weighted by molar-refractivity contribution is -0.113. The zero-order valence-corrected chi connectivity index (χ0v) is 17.5. The maximum atomic E-state index is 13.2. The summed E-state index contributed by atoms with van der Waals surface area (Å²) in [4.78, 5) is 30.2. The van der Waals surface area contributed by atoms with Gasteiger partial charge in [-0.1, -0.05) is 23.9 Å². The number of fused-ring (bicyclic) bond motifs is 1. The van der Waals surface area contributed by atoms with Crippen molar-refractivity contribution in [1.82, 2.24) is 9.55 Å². The third-order valence-corrected chi connectivity index (χ3v) is 6.14. The van der Waals surface area contributed by atoms with Gasteiger partial charge in [-0.05, 0) is 47.8 Å². The number of nitriles is 2. The predicted molar refractivity (Wildman–Crippen MR) is 120 cm³/mol. The van der Waals surface area contributed by atoms with Crippen LogP contribution < -0.4 is 10.9 Å². The van der Waals surface area contributed by atoms with E-state index in [-0.39, 0.29) is 17.2 Å². The van der Waals surface area contributed by atoms with Crippen molar-refractivity contribution in [3.8, 4) is 17.8 Å². The van der Waals surface area contributed by atoms with Crippen molar-refractivity contribution in [1.29, 1.82) is 10.5 Å². The first kappa shape index (κ1) is 20.4. The Kier molecular flexibility index (Phi) is 5.80. The van der Waals surface area contributed by atoms with Crippen molar-refractivity contribution >= 4 is 44.9 Å². The van der Waals surface area contributed by atoms with Gasteiger partial charge in [-0.15, -0.1) is 11.3 Å². The molecule has 0 atom stereocenters. The number of hydrogen-bond donors (Lipinski definition) is 1. The molecular weight excluding hydrogens is 430 g/mol. The van der Waals surface area contributed by atoms with Crippen molar-refractivity contribution < 1.29 is 4.79 Å². The molecule has 0 aliphatic rings. The second kappa shape index (κ2) is 8.84. The van der Waals surface area contributed by atoms with Crippen LogP contribution in [0.25, 0.3) is 16.6 Å². The van der Waals surface area contributed by atoms with Gasteiger partial charge in [0.2, 0.25) is 5.91 Å². The SMILES string of the molecule is N#Cc1ccc(-n2c(SCC(=O)Nc3sccc3C#N)nc3ccccc3c2=O)cc1. The first-order valence-corrected chi connectivity index (χ1v) is 10.9. The van der Waals surface area contributed by atoms with Crippen LogP contribution in [0.15, 0.2) is 69.9 Å². The maximum absolute atomic E-state index is 13.2. The Hall–Kier alpha value is -3.92. The molecule has 150 valence electrons. The minimum absolute atomic E-state index is 0.00380. The number of amides is 1. The lowest BCUT2D eigenvalue weighted by Gasteiger charge is -2.13. The first-order chi connectivity index (χ1) is 15.1. The highest BCUT2D eigenvalue weighted by atomic mass is 32.2. The normalized spacial score (nSPS) is 10.4. The molecule has 0 saturated heterocycles. The van der Waals surface area contributed by atoms with Gasteiger partial charge in [0, 0.05) is 0 Å². The predicted octanol–water partition coefficient (Wildman–Crippen LogP) is 3.92. The molecule has 0 aliphatic heterocycles. The van der Waals surface area contributed by atoms with E-state index in [0.717, 1.165) is 11.8 Å². The molecule has 0 fully saturated rings. The van der Waals surface area contributed by atoms with Gasteiger partial charge in [0.25, 0.3) is 5.56 Å². The molecule has 4 rings (SSSR count). The minimum atomic E-state index is -0.308. The van der Waals surface area contributed by atoms with E-state index < -0.39 is 0 Å². The van der Waals surface area contributed by atoms with Crippen molar-refractivity contribution in [2.75, 3.05) is 11.1 Å². The Morgan fingerprint density at radius 3 is 2.61 bits per heavy atom. The van der Waals surface area contributed by atoms with Crippen molar-refractivity contribution in [2.45, 2.75) is 5.16 Å². The molecule has 2 heterocycles. The fourth-order valence-electron chi connectivity index (χ4n) is 2.91. The van der Waals surface area contributed by atoms with Crippen molar-refractivity contribution in [3.63, 3.8) is 0 Å². The van der Waals surface area contributed by atoms with Gasteiger partial charge in [-0.25, -0.2) is 4.98 Å². The number of nitrogens with zero attached hydrogens (tertiary/aromatic N) is 4. The van der Waals surface area contributed by atoms with Crippen LogP contribution in [0.2, 0.25) is 0 Å². The summed E-state index contributed by atoms with van der Waals surface area (Å²) in [6.45, 7) is 0. The van der Waals surface area contributed by atoms with E-state index in [4.69, 9.17) is 10.5 Å². The minimum Gasteiger partial charge on any atom is -0.316 e. The average Bonchev–Trinajstić information content (AvgIpc) is 3.25. The number of benzene rings is 2. The zero-order valence-electron chi connectivity index (χ0n) is 15.9. The number of carbonyl (C=O) groups excluding carboxylic acids is 1. The summed E-state index contributed by atoms with van der Waals surface area (Å²) < 4.78 is 1.44. The number of anilines is 1. The number of nitrogens with one attached hydrogen (secondary N) is 1. The lowest BCUT2D eigenvalue weighted by Crippen LogP contribution is -2.23. The molecule has 2 aromatic carbocycles. The Morgan fingerprint density at radius 2 is 1.87 bits per heavy atom. The first-order valence-electron chi connectivity index (χ1n) is 9.03. The van der Waals surface area contributed by atoms with E-state index in [1.54, 1.807) is 60.0 Å². The summed E-state index contributed by atoms with van der Waals surface area (Å²) in [5, 5.41) is 23.9. The molecular formula is C22H13N5O2S2. The molecule has 0 saturated carbocycles. The standard InChI is InChI=1S/C22H13N5O2S2/c23-11-14-5-7-16(8-6-14)27-21(29)17-3-1-2-4-18(17)25-22(27)31-13-19(28)26-20-15(12-24)9-10-30-20/h1-10H,13H2,(H,26,28). The summed E-state index contributed by atoms with van der Waals surface area (Å²) in [7, 11) is 0. The quantitative estimate of drug-likeness (QED) is 0.370. The van der Waals surface area contributed by atoms with Gasteiger partial charge >= 0.3 is 0 Å². The molecule has 7 nitrogen and oxygen atoms in total. The third kappa shape index (κ3) is 4.19. The molecule has 4 aromatic rings. The fraction of sp³-hybridized carbons (Fsp3) is 0.0455. The monoisotopic (exact) mass is 443 g/mol. The summed E-state index contributed by atoms with van der Waals surface area (Å²) in [6, 6.07) is 19.3. The molecule has 31 heavy (non-hydrogen) atoms. The second-order valence-electron chi connectivity index (χ2n) is 6.32. The van der Waals surface area contributed by atoms with Crippen molar-refractivity contribution in [3.05, 3.63) is 81.5 Å². The number of para-hydroxylation sites is 1. The Bertz CT molecular complexity index is 1430. The second-order valence-corrected chi connectivity index (χ2v) is 8.18. The van der Waals surface area contributed by atoms with E-state index in [1.807, 2.05) is 6.07 Å². The average molecular weight is 444 g/mol. The van der Waals surface area contributed by atoms with Gasteiger partial charge in [0.15, 0.2) is 5.16 Å². The molecule has 0 bridgehead atoms. The molecule has 2 aromatic heterocycles. The zero-order chi connectivity index (χ0) is 21.8. The number of aromatic nitrogens is 2. The van der Waals surface area contributed by atoms with E-state index >= 15 is 0 Å². The summed E-state index contributed by atoms with van der Waals surface area (Å²) in [5.74, 6) is -0.304. The van der Waals surface area contributed by atoms with Crippen LogP contribution in [0.4, 0.5) is 5.00 Å². The maximum Gasteiger partial charge on any atom is 0.266 e. The number of thioether (sulfide) groups is 1. The largest absolute Gasteiger partial charge is 0.316 e. The van der Waals surface area contributed by atoms with E-state index in [2.05, 4.69) is 16.4 Å². The van der Waals surface area contributed by atoms with Crippen LogP contribution in [0.5, 0.6) is 0 Å². The highest BCUT2D eigenvalue weighted by Gasteiger charge is 2.16. The van der Waals surface area contributed by atoms with Gasteiger partial charge in [-0.3, -0.25) is 14.2 Å². The third-order valence-electron chi connectivity index (χ3n) is 4.37. The Balaban J connectivity index is 1.69. The van der Waals surface area contributed by atoms with Crippen LogP contribution in [-0.4, -0.2) is 21.2 Å². The number of rotatable bonds is 5. The molecule has 0 radical (unpaired) electrons. The summed E-state index contributed by atoms with van der Waals surface area (Å²) in [5.41, 5.74) is 1.70. The van der Waals surface area contributed by atoms with E-state index in [1.165, 1.54) is 15.9 Å². The van der Waals surface area contributed by atoms with Crippen LogP contribution in [0.1, 0.15) is 11.1 Å². The highest BCUT2D eigenvalue weighted by Crippen LogP contribution is 2.24. The molecule has 0 aliphatic carbocycles. The van der Waals surface area contributed by atoms with Crippen LogP contribution in [0, 0.1) is 22.7 Å². The molecule has 9 heteroatoms. The Morgan fingerprint density at radius 1 is 1.10 bits per heavy atom. The van der Waals surface area contributed by atoms with Gasteiger partial charge < -0.3 is 5.32 Å². The molecule has 0 spiro atoms. The molecule has 1 amide bonds. The molecule has 0 unspecified atom stereocenters. The number of carbonyl (C=O) groups is 1. The Labute approximate surface area is 185 Å². The number of thiophene rings is 1. The fourth-order valence-corrected chi connectivity index (χ4v) is 4.48. The summed E-state index contributed by atoms with van der Waals surface area (Å²) >= 11 is 2.39. The number of hydrogen-bond acceptors (Lipinski definition) is 7. The lowest BCUT2D eigenvalue weighted by atomic mass is 10.2. The van der Waals surface area contributed by atoms with Crippen LogP contribution in [-0.2, 0) is 4.79 Å². The molecule has 1 N–H and O–H groups in total.